The first-order chi connectivity index (χ1) is 16.3. The van der Waals surface area contributed by atoms with Crippen LogP contribution in [0, 0.1) is 11.6 Å². The Morgan fingerprint density at radius 3 is 2.09 bits per heavy atom. The Morgan fingerprint density at radius 1 is 0.853 bits per heavy atom. The molecule has 0 atom stereocenters. The van der Waals surface area contributed by atoms with Crippen LogP contribution in [-0.2, 0) is 9.47 Å². The van der Waals surface area contributed by atoms with Gasteiger partial charge in [0.1, 0.15) is 36.2 Å². The second kappa shape index (κ2) is 11.9. The molecule has 14 heteroatoms. The van der Waals surface area contributed by atoms with Crippen molar-refractivity contribution in [1.29, 1.82) is 0 Å². The average molecular weight is 512 g/mol. The van der Waals surface area contributed by atoms with E-state index in [2.05, 4.69) is 24.8 Å². The molecule has 3 aromatic rings. The lowest BCUT2D eigenvalue weighted by molar-refractivity contribution is -0.134. The first-order valence-corrected chi connectivity index (χ1v) is 9.88. The summed E-state index contributed by atoms with van der Waals surface area (Å²) >= 11 is 5.60. The summed E-state index contributed by atoms with van der Waals surface area (Å²) in [5.41, 5.74) is 0.0933. The summed E-state index contributed by atoms with van der Waals surface area (Å²) in [5, 5.41) is 2.24. The lowest BCUT2D eigenvalue weighted by atomic mass is 10.2. The monoisotopic (exact) mass is 511 g/mol. The molecule has 1 aromatic heterocycles. The second-order valence-corrected chi connectivity index (χ2v) is 6.72. The van der Waals surface area contributed by atoms with E-state index < -0.39 is 43.1 Å². The van der Waals surface area contributed by atoms with E-state index in [-0.39, 0.29) is 47.1 Å². The molecular formula is C20H16ClF6N3O4. The minimum absolute atomic E-state index is 0.0119. The van der Waals surface area contributed by atoms with Crippen molar-refractivity contribution in [2.75, 3.05) is 31.7 Å². The minimum atomic E-state index is -3.00. The van der Waals surface area contributed by atoms with Crippen molar-refractivity contribution in [2.45, 2.75) is 13.2 Å². The number of hydrogen-bond acceptors (Lipinski definition) is 7. The smallest absolute Gasteiger partial charge is 0.345 e. The summed E-state index contributed by atoms with van der Waals surface area (Å²) in [6, 6.07) is 4.82. The van der Waals surface area contributed by atoms with Crippen LogP contribution in [0.1, 0.15) is 0 Å². The van der Waals surface area contributed by atoms with Gasteiger partial charge in [-0.2, -0.15) is 17.6 Å². The van der Waals surface area contributed by atoms with E-state index in [1.165, 1.54) is 12.1 Å². The fourth-order valence-electron chi connectivity index (χ4n) is 2.72. The van der Waals surface area contributed by atoms with Gasteiger partial charge in [0, 0.05) is 11.5 Å². The van der Waals surface area contributed by atoms with Crippen LogP contribution in [0.25, 0.3) is 10.9 Å². The molecule has 0 radical (unpaired) electrons. The van der Waals surface area contributed by atoms with Gasteiger partial charge in [0.05, 0.1) is 24.4 Å². The van der Waals surface area contributed by atoms with Gasteiger partial charge in [-0.15, -0.1) is 0 Å². The van der Waals surface area contributed by atoms with Crippen LogP contribution in [0.5, 0.6) is 11.5 Å². The van der Waals surface area contributed by atoms with Crippen molar-refractivity contribution in [2.24, 2.45) is 0 Å². The first kappa shape index (κ1) is 25.6. The van der Waals surface area contributed by atoms with Crippen LogP contribution in [0.2, 0.25) is 5.02 Å². The van der Waals surface area contributed by atoms with Crippen LogP contribution >= 0.6 is 11.6 Å². The van der Waals surface area contributed by atoms with Gasteiger partial charge in [0.15, 0.2) is 17.3 Å². The molecular weight excluding hydrogens is 496 g/mol. The summed E-state index contributed by atoms with van der Waals surface area (Å²) in [7, 11) is 0. The van der Waals surface area contributed by atoms with Crippen LogP contribution in [0.4, 0.5) is 37.8 Å². The third-order valence-corrected chi connectivity index (χ3v) is 4.51. The highest BCUT2D eigenvalue weighted by Gasteiger charge is 2.16. The molecule has 184 valence electrons. The van der Waals surface area contributed by atoms with E-state index in [1.807, 2.05) is 0 Å². The number of anilines is 2. The fourth-order valence-corrected chi connectivity index (χ4v) is 2.88. The Labute approximate surface area is 193 Å². The van der Waals surface area contributed by atoms with Gasteiger partial charge < -0.3 is 24.3 Å². The Balaban J connectivity index is 1.90. The number of halogens is 7. The number of aromatic nitrogens is 2. The molecule has 0 unspecified atom stereocenters. The topological polar surface area (TPSA) is 74.7 Å². The van der Waals surface area contributed by atoms with Gasteiger partial charge in [-0.1, -0.05) is 11.6 Å². The number of ether oxygens (including phenoxy) is 4. The van der Waals surface area contributed by atoms with Crippen molar-refractivity contribution < 1.29 is 45.3 Å². The normalized spacial score (nSPS) is 11.4. The zero-order valence-corrected chi connectivity index (χ0v) is 17.8. The van der Waals surface area contributed by atoms with Gasteiger partial charge in [0.25, 0.3) is 0 Å². The number of rotatable bonds is 12. The van der Waals surface area contributed by atoms with Gasteiger partial charge in [-0.3, -0.25) is 0 Å². The molecule has 0 aliphatic carbocycles. The van der Waals surface area contributed by atoms with Crippen LogP contribution in [0.15, 0.2) is 30.6 Å². The molecule has 0 amide bonds. The molecule has 2 aromatic carbocycles. The van der Waals surface area contributed by atoms with E-state index in [4.69, 9.17) is 21.1 Å². The first-order valence-electron chi connectivity index (χ1n) is 9.50. The highest BCUT2D eigenvalue weighted by atomic mass is 35.5. The largest absolute Gasteiger partial charge is 0.487 e. The maximum Gasteiger partial charge on any atom is 0.345 e. The lowest BCUT2D eigenvalue weighted by Crippen LogP contribution is -2.12. The predicted molar refractivity (Wildman–Crippen MR) is 109 cm³/mol. The minimum Gasteiger partial charge on any atom is -0.487 e. The molecule has 1 N–H and O–H groups in total. The van der Waals surface area contributed by atoms with Crippen molar-refractivity contribution in [3.8, 4) is 11.5 Å². The SMILES string of the molecule is Fc1ccc(Nc2ncnc3cc(OCCOC(F)F)c(OCCOC(F)F)cc23)c(F)c1Cl. The maximum atomic E-state index is 14.3. The molecule has 0 saturated carbocycles. The molecule has 0 bridgehead atoms. The molecule has 3 rings (SSSR count). The second-order valence-electron chi connectivity index (χ2n) is 6.35. The Hall–Kier alpha value is -3.03. The molecule has 0 fully saturated rings. The Bertz CT molecular complexity index is 1130. The van der Waals surface area contributed by atoms with Crippen molar-refractivity contribution in [1.82, 2.24) is 9.97 Å². The highest BCUT2D eigenvalue weighted by Crippen LogP contribution is 2.36. The molecule has 0 saturated heterocycles. The van der Waals surface area contributed by atoms with Gasteiger partial charge in [0.2, 0.25) is 0 Å². The van der Waals surface area contributed by atoms with E-state index in [9.17, 15) is 26.3 Å². The average Bonchev–Trinajstić information content (AvgIpc) is 2.79. The number of nitrogens with one attached hydrogen (secondary N) is 1. The summed E-state index contributed by atoms with van der Waals surface area (Å²) in [6.45, 7) is -7.47. The summed E-state index contributed by atoms with van der Waals surface area (Å²) in [6.07, 6.45) is 1.15. The van der Waals surface area contributed by atoms with Gasteiger partial charge >= 0.3 is 13.2 Å². The number of hydrogen-bond donors (Lipinski definition) is 1. The zero-order chi connectivity index (χ0) is 24.7. The fraction of sp³-hybridized carbons (Fsp3) is 0.300. The van der Waals surface area contributed by atoms with E-state index in [1.54, 1.807) is 0 Å². The third kappa shape index (κ3) is 6.74. The van der Waals surface area contributed by atoms with Gasteiger partial charge in [-0.25, -0.2) is 18.7 Å². The third-order valence-electron chi connectivity index (χ3n) is 4.16. The molecule has 34 heavy (non-hydrogen) atoms. The highest BCUT2D eigenvalue weighted by molar-refractivity contribution is 6.31. The van der Waals surface area contributed by atoms with Crippen molar-refractivity contribution in [3.05, 3.63) is 47.2 Å². The van der Waals surface area contributed by atoms with Crippen molar-refractivity contribution >= 4 is 34.0 Å². The van der Waals surface area contributed by atoms with E-state index in [0.29, 0.717) is 0 Å². The van der Waals surface area contributed by atoms with E-state index >= 15 is 0 Å². The molecule has 1 heterocycles. The molecule has 7 nitrogen and oxygen atoms in total. The maximum absolute atomic E-state index is 14.3. The molecule has 0 aliphatic heterocycles. The van der Waals surface area contributed by atoms with Crippen LogP contribution in [0.3, 0.4) is 0 Å². The summed E-state index contributed by atoms with van der Waals surface area (Å²) < 4.78 is 95.6. The Morgan fingerprint density at radius 2 is 1.47 bits per heavy atom. The van der Waals surface area contributed by atoms with Crippen molar-refractivity contribution in [3.63, 3.8) is 0 Å². The number of benzene rings is 2. The molecule has 0 spiro atoms. The number of fused-ring (bicyclic) bond motifs is 1. The van der Waals surface area contributed by atoms with Gasteiger partial charge in [-0.05, 0) is 18.2 Å². The van der Waals surface area contributed by atoms with E-state index in [0.717, 1.165) is 18.5 Å². The number of alkyl halides is 4. The van der Waals surface area contributed by atoms with Crippen LogP contribution < -0.4 is 14.8 Å². The number of nitrogens with zero attached hydrogens (tertiary/aromatic N) is 2. The zero-order valence-electron chi connectivity index (χ0n) is 17.0. The summed E-state index contributed by atoms with van der Waals surface area (Å²) in [4.78, 5) is 8.11. The standard InChI is InChI=1S/C20H16ClF6N3O4/c21-16-11(22)1-2-12(17(16)23)30-18-10-7-14(31-3-5-33-19(24)25)15(8-13(10)28-9-29-18)32-4-6-34-20(26)27/h1-2,7-9,19-20H,3-6H2,(H,28,29,30). The summed E-state index contributed by atoms with van der Waals surface area (Å²) in [5.74, 6) is -1.86. The van der Waals surface area contributed by atoms with Crippen LogP contribution in [-0.4, -0.2) is 49.6 Å². The quantitative estimate of drug-likeness (QED) is 0.194. The Kier molecular flexibility index (Phi) is 8.96. The molecule has 0 aliphatic rings. The lowest BCUT2D eigenvalue weighted by Gasteiger charge is -2.16. The predicted octanol–water partition coefficient (Wildman–Crippen LogP) is 5.54.